The molecule has 1 aromatic rings. The molecule has 0 amide bonds. The van der Waals surface area contributed by atoms with E-state index in [0.717, 1.165) is 43.4 Å². The highest BCUT2D eigenvalue weighted by atomic mass is 35.5. The third kappa shape index (κ3) is 4.54. The van der Waals surface area contributed by atoms with E-state index in [1.54, 1.807) is 14.2 Å². The Morgan fingerprint density at radius 1 is 1.25 bits per heavy atom. The van der Waals surface area contributed by atoms with Crippen LogP contribution in [0, 0.1) is 5.92 Å². The van der Waals surface area contributed by atoms with E-state index in [2.05, 4.69) is 16.7 Å². The van der Waals surface area contributed by atoms with Gasteiger partial charge in [0.1, 0.15) is 11.5 Å². The van der Waals surface area contributed by atoms with Gasteiger partial charge in [-0.15, -0.1) is 12.4 Å². The molecule has 1 aliphatic carbocycles. The molecule has 136 valence electrons. The Balaban J connectivity index is 0.00000208. The molecule has 0 aromatic heterocycles. The Hall–Kier alpha value is -1.01. The largest absolute Gasteiger partial charge is 0.497 e. The second-order valence-corrected chi connectivity index (χ2v) is 6.40. The van der Waals surface area contributed by atoms with Crippen molar-refractivity contribution in [3.05, 3.63) is 23.8 Å². The van der Waals surface area contributed by atoms with Gasteiger partial charge in [0.05, 0.1) is 27.4 Å². The van der Waals surface area contributed by atoms with Crippen molar-refractivity contribution in [2.75, 3.05) is 34.0 Å². The highest BCUT2D eigenvalue weighted by Gasteiger charge is 2.34. The third-order valence-electron chi connectivity index (χ3n) is 5.08. The first-order chi connectivity index (χ1) is 11.3. The lowest BCUT2D eigenvalue weighted by Crippen LogP contribution is -2.50. The number of methoxy groups -OCH3 is 2. The van der Waals surface area contributed by atoms with Crippen LogP contribution in [0.25, 0.3) is 0 Å². The Labute approximate surface area is 150 Å². The molecule has 3 atom stereocenters. The zero-order valence-corrected chi connectivity index (χ0v) is 15.4. The van der Waals surface area contributed by atoms with E-state index in [1.165, 1.54) is 19.3 Å². The molecule has 2 N–H and O–H groups in total. The van der Waals surface area contributed by atoms with Crippen LogP contribution in [0.5, 0.6) is 11.5 Å². The first-order valence-electron chi connectivity index (χ1n) is 8.57. The normalized spacial score (nSPS) is 26.7. The fourth-order valence-corrected chi connectivity index (χ4v) is 3.85. The Bertz CT molecular complexity index is 509. The minimum atomic E-state index is 0. The molecule has 1 heterocycles. The van der Waals surface area contributed by atoms with Crippen LogP contribution in [0.1, 0.15) is 24.8 Å². The number of morpholine rings is 1. The van der Waals surface area contributed by atoms with Gasteiger partial charge in [-0.25, -0.2) is 0 Å². The zero-order valence-electron chi connectivity index (χ0n) is 14.5. The van der Waals surface area contributed by atoms with E-state index in [-0.39, 0.29) is 12.4 Å². The van der Waals surface area contributed by atoms with Crippen molar-refractivity contribution in [3.63, 3.8) is 0 Å². The maximum atomic E-state index is 5.65. The van der Waals surface area contributed by atoms with Crippen LogP contribution in [-0.4, -0.2) is 46.1 Å². The molecule has 2 fully saturated rings. The summed E-state index contributed by atoms with van der Waals surface area (Å²) < 4.78 is 16.5. The predicted molar refractivity (Wildman–Crippen MR) is 97.4 cm³/mol. The number of hydrogen-bond acceptors (Lipinski definition) is 5. The summed E-state index contributed by atoms with van der Waals surface area (Å²) in [4.78, 5) is 0. The summed E-state index contributed by atoms with van der Waals surface area (Å²) in [5, 5.41) is 7.36. The van der Waals surface area contributed by atoms with E-state index >= 15 is 0 Å². The Morgan fingerprint density at radius 3 is 2.83 bits per heavy atom. The summed E-state index contributed by atoms with van der Waals surface area (Å²) in [6, 6.07) is 6.97. The molecule has 3 unspecified atom stereocenters. The molecule has 0 radical (unpaired) electrons. The SMILES string of the molecule is COc1ccc(OC)c(CNC2CCCC2C2COCCN2)c1.Cl. The number of nitrogens with one attached hydrogen (secondary N) is 2. The quantitative estimate of drug-likeness (QED) is 0.819. The molecule has 1 saturated carbocycles. The minimum absolute atomic E-state index is 0. The van der Waals surface area contributed by atoms with E-state index in [0.29, 0.717) is 18.0 Å². The Morgan fingerprint density at radius 2 is 2.12 bits per heavy atom. The lowest BCUT2D eigenvalue weighted by atomic mass is 9.94. The summed E-state index contributed by atoms with van der Waals surface area (Å²) in [7, 11) is 3.41. The first-order valence-corrected chi connectivity index (χ1v) is 8.57. The minimum Gasteiger partial charge on any atom is -0.497 e. The first kappa shape index (κ1) is 19.3. The topological polar surface area (TPSA) is 51.8 Å². The van der Waals surface area contributed by atoms with Gasteiger partial charge < -0.3 is 24.8 Å². The highest BCUT2D eigenvalue weighted by Crippen LogP contribution is 2.31. The fraction of sp³-hybridized carbons (Fsp3) is 0.667. The van der Waals surface area contributed by atoms with E-state index < -0.39 is 0 Å². The van der Waals surface area contributed by atoms with Crippen molar-refractivity contribution < 1.29 is 14.2 Å². The van der Waals surface area contributed by atoms with Gasteiger partial charge in [0.15, 0.2) is 0 Å². The lowest BCUT2D eigenvalue weighted by molar-refractivity contribution is 0.0524. The maximum absolute atomic E-state index is 5.65. The van der Waals surface area contributed by atoms with Gasteiger partial charge in [-0.3, -0.25) is 0 Å². The second kappa shape index (κ2) is 9.47. The number of hydrogen-bond donors (Lipinski definition) is 2. The van der Waals surface area contributed by atoms with Crippen molar-refractivity contribution in [2.45, 2.75) is 37.9 Å². The van der Waals surface area contributed by atoms with Crippen LogP contribution in [0.2, 0.25) is 0 Å². The molecule has 2 aliphatic rings. The average Bonchev–Trinajstić information content (AvgIpc) is 3.09. The van der Waals surface area contributed by atoms with Crippen molar-refractivity contribution in [3.8, 4) is 11.5 Å². The molecule has 0 bridgehead atoms. The smallest absolute Gasteiger partial charge is 0.123 e. The van der Waals surface area contributed by atoms with Gasteiger partial charge in [-0.2, -0.15) is 0 Å². The number of rotatable bonds is 6. The predicted octanol–water partition coefficient (Wildman–Crippen LogP) is 2.37. The van der Waals surface area contributed by atoms with Crippen molar-refractivity contribution in [1.29, 1.82) is 0 Å². The summed E-state index contributed by atoms with van der Waals surface area (Å²) in [5.74, 6) is 2.42. The van der Waals surface area contributed by atoms with Crippen LogP contribution in [-0.2, 0) is 11.3 Å². The van der Waals surface area contributed by atoms with E-state index in [9.17, 15) is 0 Å². The molecule has 1 saturated heterocycles. The number of halogens is 1. The van der Waals surface area contributed by atoms with Gasteiger partial charge in [0.2, 0.25) is 0 Å². The Kier molecular flexibility index (Phi) is 7.62. The third-order valence-corrected chi connectivity index (χ3v) is 5.08. The molecular formula is C18H29ClN2O3. The van der Waals surface area contributed by atoms with Crippen molar-refractivity contribution in [2.24, 2.45) is 5.92 Å². The van der Waals surface area contributed by atoms with Gasteiger partial charge >= 0.3 is 0 Å². The van der Waals surface area contributed by atoms with E-state index in [1.807, 2.05) is 12.1 Å². The molecule has 1 aromatic carbocycles. The summed E-state index contributed by atoms with van der Waals surface area (Å²) in [5.41, 5.74) is 1.14. The molecule has 0 spiro atoms. The van der Waals surface area contributed by atoms with E-state index in [4.69, 9.17) is 14.2 Å². The maximum Gasteiger partial charge on any atom is 0.123 e. The molecule has 3 rings (SSSR count). The van der Waals surface area contributed by atoms with Crippen molar-refractivity contribution >= 4 is 12.4 Å². The van der Waals surface area contributed by atoms with Crippen molar-refractivity contribution in [1.82, 2.24) is 10.6 Å². The van der Waals surface area contributed by atoms with Gasteiger partial charge in [0, 0.05) is 30.7 Å². The molecule has 5 nitrogen and oxygen atoms in total. The van der Waals surface area contributed by atoms with Crippen LogP contribution >= 0.6 is 12.4 Å². The van der Waals surface area contributed by atoms with Crippen LogP contribution in [0.4, 0.5) is 0 Å². The van der Waals surface area contributed by atoms with Gasteiger partial charge in [-0.05, 0) is 37.0 Å². The average molecular weight is 357 g/mol. The summed E-state index contributed by atoms with van der Waals surface area (Å²) in [6.07, 6.45) is 3.79. The molecule has 24 heavy (non-hydrogen) atoms. The van der Waals surface area contributed by atoms with Crippen LogP contribution in [0.3, 0.4) is 0 Å². The second-order valence-electron chi connectivity index (χ2n) is 6.40. The van der Waals surface area contributed by atoms with Gasteiger partial charge in [0.25, 0.3) is 0 Å². The summed E-state index contributed by atoms with van der Waals surface area (Å²) in [6.45, 7) is 3.44. The fourth-order valence-electron chi connectivity index (χ4n) is 3.85. The number of ether oxygens (including phenoxy) is 3. The zero-order chi connectivity index (χ0) is 16.1. The number of benzene rings is 1. The van der Waals surface area contributed by atoms with Gasteiger partial charge in [-0.1, -0.05) is 6.42 Å². The van der Waals surface area contributed by atoms with Crippen LogP contribution < -0.4 is 20.1 Å². The monoisotopic (exact) mass is 356 g/mol. The highest BCUT2D eigenvalue weighted by molar-refractivity contribution is 5.85. The standard InChI is InChI=1S/C18H28N2O3.ClH/c1-21-14-6-7-18(22-2)13(10-14)11-20-16-5-3-4-15(16)17-12-23-9-8-19-17;/h6-7,10,15-17,19-20H,3-5,8-9,11-12H2,1-2H3;1H. The lowest BCUT2D eigenvalue weighted by Gasteiger charge is -2.33. The molecule has 6 heteroatoms. The molecular weight excluding hydrogens is 328 g/mol. The summed E-state index contributed by atoms with van der Waals surface area (Å²) >= 11 is 0. The van der Waals surface area contributed by atoms with Crippen LogP contribution in [0.15, 0.2) is 18.2 Å². The molecule has 1 aliphatic heterocycles.